The Kier molecular flexibility index (Phi) is 4.44. The second kappa shape index (κ2) is 6.09. The Hall–Kier alpha value is -1.82. The molecule has 1 saturated heterocycles. The van der Waals surface area contributed by atoms with Crippen molar-refractivity contribution in [2.24, 2.45) is 5.92 Å². The normalized spacial score (nSPS) is 21.9. The van der Waals surface area contributed by atoms with Crippen LogP contribution in [0.1, 0.15) is 6.42 Å². The number of anilines is 1. The number of amides is 1. The largest absolute Gasteiger partial charge is 0.493 e. The maximum absolute atomic E-state index is 11.8. The number of aliphatic hydroxyl groups is 1. The summed E-state index contributed by atoms with van der Waals surface area (Å²) in [6.45, 7) is 1.08. The van der Waals surface area contributed by atoms with Gasteiger partial charge in [0.05, 0.1) is 13.2 Å². The first-order chi connectivity index (χ1) is 9.52. The van der Waals surface area contributed by atoms with Gasteiger partial charge in [-0.1, -0.05) is 0 Å². The van der Waals surface area contributed by atoms with E-state index in [1.165, 1.54) is 0 Å². The summed E-state index contributed by atoms with van der Waals surface area (Å²) in [4.78, 5) is 19.6. The number of pyridine rings is 1. The molecule has 2 atom stereocenters. The molecule has 1 aromatic rings. The second-order valence-corrected chi connectivity index (χ2v) is 5.25. The molecular weight excluding hydrogens is 258 g/mol. The number of methoxy groups -OCH3 is 1. The number of rotatable bonds is 4. The number of β-amino-alcohol motifs (C(OH)–C–C–N with tert-alkyl or cyclic N) is 1. The number of aromatic nitrogens is 1. The Bertz CT molecular complexity index is 478. The van der Waals surface area contributed by atoms with E-state index in [1.807, 2.05) is 17.0 Å². The number of hydrogen-bond donors (Lipinski definition) is 1. The highest BCUT2D eigenvalue weighted by molar-refractivity contribution is 5.76. The Morgan fingerprint density at radius 1 is 1.55 bits per heavy atom. The van der Waals surface area contributed by atoms with E-state index in [2.05, 4.69) is 4.98 Å². The van der Waals surface area contributed by atoms with Gasteiger partial charge in [-0.2, -0.15) is 0 Å². The maximum Gasteiger partial charge on any atom is 0.222 e. The van der Waals surface area contributed by atoms with Crippen LogP contribution in [0.3, 0.4) is 0 Å². The molecule has 0 spiro atoms. The molecule has 1 aliphatic heterocycles. The zero-order valence-corrected chi connectivity index (χ0v) is 12.1. The van der Waals surface area contributed by atoms with Crippen LogP contribution in [0.5, 0.6) is 5.75 Å². The third kappa shape index (κ3) is 3.01. The van der Waals surface area contributed by atoms with Gasteiger partial charge in [0.25, 0.3) is 0 Å². The first-order valence-corrected chi connectivity index (χ1v) is 6.65. The van der Waals surface area contributed by atoms with E-state index < -0.39 is 6.10 Å². The Labute approximate surface area is 119 Å². The summed E-state index contributed by atoms with van der Waals surface area (Å²) in [5, 5.41) is 10.1. The molecule has 0 aliphatic carbocycles. The lowest BCUT2D eigenvalue weighted by molar-refractivity contribution is -0.130. The van der Waals surface area contributed by atoms with E-state index in [0.29, 0.717) is 31.1 Å². The molecule has 6 nitrogen and oxygen atoms in total. The fourth-order valence-corrected chi connectivity index (χ4v) is 2.41. The molecule has 1 N–H and O–H groups in total. The SMILES string of the molecule is COc1cccnc1N1C[C@@H](CC(=O)N(C)C)[C@H](O)C1. The van der Waals surface area contributed by atoms with Crippen LogP contribution in [-0.4, -0.2) is 61.3 Å². The van der Waals surface area contributed by atoms with Gasteiger partial charge in [-0.15, -0.1) is 0 Å². The number of aliphatic hydroxyl groups excluding tert-OH is 1. The van der Waals surface area contributed by atoms with Crippen molar-refractivity contribution < 1.29 is 14.6 Å². The van der Waals surface area contributed by atoms with E-state index in [0.717, 1.165) is 0 Å². The first kappa shape index (κ1) is 14.6. The number of nitrogens with zero attached hydrogens (tertiary/aromatic N) is 3. The number of hydrogen-bond acceptors (Lipinski definition) is 5. The van der Waals surface area contributed by atoms with Crippen molar-refractivity contribution in [2.45, 2.75) is 12.5 Å². The fourth-order valence-electron chi connectivity index (χ4n) is 2.41. The van der Waals surface area contributed by atoms with Gasteiger partial charge in [0, 0.05) is 45.7 Å². The van der Waals surface area contributed by atoms with Crippen LogP contribution in [-0.2, 0) is 4.79 Å². The van der Waals surface area contributed by atoms with Crippen LogP contribution in [0, 0.1) is 5.92 Å². The van der Waals surface area contributed by atoms with Crippen molar-refractivity contribution in [3.63, 3.8) is 0 Å². The first-order valence-electron chi connectivity index (χ1n) is 6.65. The van der Waals surface area contributed by atoms with E-state index in [1.54, 1.807) is 32.3 Å². The predicted molar refractivity (Wildman–Crippen MR) is 75.8 cm³/mol. The molecule has 0 unspecified atom stereocenters. The van der Waals surface area contributed by atoms with Gasteiger partial charge in [-0.25, -0.2) is 4.98 Å². The number of carbonyl (C=O) groups excluding carboxylic acids is 1. The summed E-state index contributed by atoms with van der Waals surface area (Å²) < 4.78 is 5.29. The van der Waals surface area contributed by atoms with Crippen molar-refractivity contribution in [3.8, 4) is 5.75 Å². The molecule has 0 bridgehead atoms. The van der Waals surface area contributed by atoms with Gasteiger partial charge < -0.3 is 19.6 Å². The molecule has 2 heterocycles. The van der Waals surface area contributed by atoms with Gasteiger partial charge >= 0.3 is 0 Å². The summed E-state index contributed by atoms with van der Waals surface area (Å²) in [7, 11) is 5.05. The van der Waals surface area contributed by atoms with Gasteiger partial charge in [0.2, 0.25) is 5.91 Å². The topological polar surface area (TPSA) is 65.9 Å². The van der Waals surface area contributed by atoms with E-state index in [4.69, 9.17) is 4.74 Å². The fraction of sp³-hybridized carbons (Fsp3) is 0.571. The standard InChI is InChI=1S/C14H21N3O3/c1-16(2)13(19)7-10-8-17(9-11(10)18)14-12(20-3)5-4-6-15-14/h4-6,10-11,18H,7-9H2,1-3H3/t10-,11-/m1/s1. The van der Waals surface area contributed by atoms with Crippen molar-refractivity contribution in [1.29, 1.82) is 0 Å². The molecule has 2 rings (SSSR count). The molecule has 20 heavy (non-hydrogen) atoms. The summed E-state index contributed by atoms with van der Waals surface area (Å²) in [5.74, 6) is 1.36. The molecule has 0 saturated carbocycles. The quantitative estimate of drug-likeness (QED) is 0.862. The highest BCUT2D eigenvalue weighted by atomic mass is 16.5. The third-order valence-corrected chi connectivity index (χ3v) is 3.61. The molecule has 1 amide bonds. The monoisotopic (exact) mass is 279 g/mol. The summed E-state index contributed by atoms with van der Waals surface area (Å²) in [6, 6.07) is 3.65. The Balaban J connectivity index is 2.08. The lowest BCUT2D eigenvalue weighted by Crippen LogP contribution is -2.28. The van der Waals surface area contributed by atoms with Crippen LogP contribution in [0.15, 0.2) is 18.3 Å². The summed E-state index contributed by atoms with van der Waals surface area (Å²) in [5.41, 5.74) is 0. The molecule has 1 aliphatic rings. The lowest BCUT2D eigenvalue weighted by Gasteiger charge is -2.19. The van der Waals surface area contributed by atoms with Gasteiger partial charge in [-0.3, -0.25) is 4.79 Å². The van der Waals surface area contributed by atoms with Gasteiger partial charge in [0.15, 0.2) is 11.6 Å². The molecule has 6 heteroatoms. The van der Waals surface area contributed by atoms with Crippen molar-refractivity contribution in [1.82, 2.24) is 9.88 Å². The van der Waals surface area contributed by atoms with Crippen LogP contribution in [0.2, 0.25) is 0 Å². The molecule has 0 aromatic carbocycles. The number of ether oxygens (including phenoxy) is 1. The molecule has 1 fully saturated rings. The zero-order valence-electron chi connectivity index (χ0n) is 12.1. The van der Waals surface area contributed by atoms with E-state index in [-0.39, 0.29) is 11.8 Å². The van der Waals surface area contributed by atoms with Crippen molar-refractivity contribution in [3.05, 3.63) is 18.3 Å². The highest BCUT2D eigenvalue weighted by Crippen LogP contribution is 2.31. The van der Waals surface area contributed by atoms with E-state index >= 15 is 0 Å². The molecular formula is C14H21N3O3. The Morgan fingerprint density at radius 2 is 2.30 bits per heavy atom. The average Bonchev–Trinajstić information content (AvgIpc) is 2.79. The minimum Gasteiger partial charge on any atom is -0.493 e. The molecule has 0 radical (unpaired) electrons. The molecule has 1 aromatic heterocycles. The molecule has 110 valence electrons. The van der Waals surface area contributed by atoms with Crippen LogP contribution >= 0.6 is 0 Å². The van der Waals surface area contributed by atoms with Crippen molar-refractivity contribution >= 4 is 11.7 Å². The van der Waals surface area contributed by atoms with Crippen molar-refractivity contribution in [2.75, 3.05) is 39.2 Å². The zero-order chi connectivity index (χ0) is 14.7. The van der Waals surface area contributed by atoms with Gasteiger partial charge in [-0.05, 0) is 12.1 Å². The summed E-state index contributed by atoms with van der Waals surface area (Å²) in [6.07, 6.45) is 1.52. The van der Waals surface area contributed by atoms with Crippen LogP contribution in [0.25, 0.3) is 0 Å². The smallest absolute Gasteiger partial charge is 0.222 e. The third-order valence-electron chi connectivity index (χ3n) is 3.61. The average molecular weight is 279 g/mol. The van der Waals surface area contributed by atoms with Gasteiger partial charge in [0.1, 0.15) is 0 Å². The van der Waals surface area contributed by atoms with Crippen LogP contribution in [0.4, 0.5) is 5.82 Å². The number of carbonyl (C=O) groups is 1. The minimum absolute atomic E-state index is 0.0314. The van der Waals surface area contributed by atoms with Crippen LogP contribution < -0.4 is 9.64 Å². The Morgan fingerprint density at radius 3 is 2.95 bits per heavy atom. The maximum atomic E-state index is 11.8. The minimum atomic E-state index is -0.523. The lowest BCUT2D eigenvalue weighted by atomic mass is 10.0. The van der Waals surface area contributed by atoms with E-state index in [9.17, 15) is 9.90 Å². The highest BCUT2D eigenvalue weighted by Gasteiger charge is 2.34. The predicted octanol–water partition coefficient (Wildman–Crippen LogP) is 0.366. The second-order valence-electron chi connectivity index (χ2n) is 5.25. The summed E-state index contributed by atoms with van der Waals surface area (Å²) >= 11 is 0.